The molecule has 2 aromatic rings. The summed E-state index contributed by atoms with van der Waals surface area (Å²) in [7, 11) is -1.58. The second-order valence-electron chi connectivity index (χ2n) is 5.25. The van der Waals surface area contributed by atoms with Gasteiger partial charge in [-0.05, 0) is 18.6 Å². The first-order chi connectivity index (χ1) is 7.41. The van der Waals surface area contributed by atoms with E-state index in [-0.39, 0.29) is 5.56 Å². The molecule has 0 atom stereocenters. The van der Waals surface area contributed by atoms with Gasteiger partial charge in [0.15, 0.2) is 0 Å². The summed E-state index contributed by atoms with van der Waals surface area (Å²) in [6.07, 6.45) is 0. The normalized spacial score (nSPS) is 12.0. The van der Waals surface area contributed by atoms with Crippen molar-refractivity contribution >= 4 is 24.2 Å². The summed E-state index contributed by atoms with van der Waals surface area (Å²) in [5.41, 5.74) is 2.18. The minimum Gasteiger partial charge on any atom is -0.322 e. The van der Waals surface area contributed by atoms with E-state index in [2.05, 4.69) is 37.6 Å². The van der Waals surface area contributed by atoms with Gasteiger partial charge >= 0.3 is 0 Å². The molecule has 1 N–H and O–H groups in total. The summed E-state index contributed by atoms with van der Waals surface area (Å²) >= 11 is 0. The van der Waals surface area contributed by atoms with E-state index in [0.717, 1.165) is 16.3 Å². The number of hydrogen-bond donors (Lipinski definition) is 1. The molecule has 0 radical (unpaired) electrons. The quantitative estimate of drug-likeness (QED) is 0.751. The number of aryl methyl sites for hydroxylation is 1. The Bertz CT molecular complexity index is 593. The molecule has 0 amide bonds. The Kier molecular flexibility index (Phi) is 2.50. The zero-order chi connectivity index (χ0) is 11.9. The van der Waals surface area contributed by atoms with Gasteiger partial charge in [0.2, 0.25) is 5.56 Å². The molecule has 1 aromatic carbocycles. The molecule has 84 valence electrons. The number of fused-ring (bicyclic) bond motifs is 1. The van der Waals surface area contributed by atoms with Crippen molar-refractivity contribution in [2.45, 2.75) is 26.6 Å². The van der Waals surface area contributed by atoms with Gasteiger partial charge in [0.1, 0.15) is 0 Å². The fourth-order valence-corrected chi connectivity index (χ4v) is 4.32. The Balaban J connectivity index is 2.92. The molecule has 3 heteroatoms. The number of nitrogens with one attached hydrogen (secondary N) is 1. The summed E-state index contributed by atoms with van der Waals surface area (Å²) in [5, 5.41) is 2.19. The zero-order valence-electron chi connectivity index (χ0n) is 10.2. The largest absolute Gasteiger partial charge is 0.322 e. The molecule has 16 heavy (non-hydrogen) atoms. The van der Waals surface area contributed by atoms with Crippen molar-refractivity contribution < 1.29 is 0 Å². The molecule has 0 spiro atoms. The molecule has 0 aliphatic carbocycles. The second-order valence-corrected chi connectivity index (χ2v) is 10.2. The number of H-pyrrole nitrogens is 1. The molecule has 0 saturated heterocycles. The maximum absolute atomic E-state index is 12.1. The molecule has 0 unspecified atom stereocenters. The van der Waals surface area contributed by atoms with Gasteiger partial charge in [-0.25, -0.2) is 0 Å². The van der Waals surface area contributed by atoms with Crippen LogP contribution in [0.3, 0.4) is 0 Å². The van der Waals surface area contributed by atoms with Gasteiger partial charge in [0, 0.05) is 16.1 Å². The first-order valence-electron chi connectivity index (χ1n) is 5.53. The predicted octanol–water partition coefficient (Wildman–Crippen LogP) is 2.38. The topological polar surface area (TPSA) is 32.9 Å². The molecule has 2 rings (SSSR count). The van der Waals surface area contributed by atoms with E-state index in [4.69, 9.17) is 0 Å². The summed E-state index contributed by atoms with van der Waals surface area (Å²) in [6, 6.07) is 8.00. The fourth-order valence-electron chi connectivity index (χ4n) is 2.31. The molecular weight excluding hydrogens is 214 g/mol. The Morgan fingerprint density at radius 3 is 2.38 bits per heavy atom. The van der Waals surface area contributed by atoms with Crippen LogP contribution in [-0.4, -0.2) is 13.1 Å². The van der Waals surface area contributed by atoms with Crippen molar-refractivity contribution in [3.8, 4) is 0 Å². The lowest BCUT2D eigenvalue weighted by Gasteiger charge is -2.19. The average Bonchev–Trinajstić information content (AvgIpc) is 2.15. The lowest BCUT2D eigenvalue weighted by atomic mass is 10.1. The first kappa shape index (κ1) is 11.1. The van der Waals surface area contributed by atoms with Gasteiger partial charge in [-0.15, -0.1) is 0 Å². The molecular formula is C13H17NOSi. The van der Waals surface area contributed by atoms with E-state index >= 15 is 0 Å². The van der Waals surface area contributed by atoms with Crippen LogP contribution in [0.15, 0.2) is 29.1 Å². The van der Waals surface area contributed by atoms with Crippen LogP contribution < -0.4 is 10.7 Å². The molecule has 0 saturated carbocycles. The highest BCUT2D eigenvalue weighted by molar-refractivity contribution is 6.89. The highest BCUT2D eigenvalue weighted by atomic mass is 28.3. The highest BCUT2D eigenvalue weighted by Gasteiger charge is 2.23. The molecule has 1 aromatic heterocycles. The van der Waals surface area contributed by atoms with E-state index in [0.29, 0.717) is 0 Å². The summed E-state index contributed by atoms with van der Waals surface area (Å²) in [6.45, 7) is 8.68. The van der Waals surface area contributed by atoms with Crippen molar-refractivity contribution in [2.75, 3.05) is 0 Å². The third kappa shape index (κ3) is 1.71. The smallest absolute Gasteiger partial charge is 0.247 e. The summed E-state index contributed by atoms with van der Waals surface area (Å²) in [5.74, 6) is 0. The minimum absolute atomic E-state index is 0.0929. The van der Waals surface area contributed by atoms with Gasteiger partial charge in [-0.3, -0.25) is 4.79 Å². The van der Waals surface area contributed by atoms with Crippen LogP contribution in [0.5, 0.6) is 0 Å². The Hall–Kier alpha value is -1.35. The summed E-state index contributed by atoms with van der Waals surface area (Å²) in [4.78, 5) is 15.1. The van der Waals surface area contributed by atoms with E-state index in [1.54, 1.807) is 0 Å². The standard InChI is InChI=1S/C13H17NOSi/c1-9-10-7-5-6-8-11(10)14-13(15)12(9)16(2,3)4/h5-8H,1-4H3,(H,14,15). The highest BCUT2D eigenvalue weighted by Crippen LogP contribution is 2.14. The number of pyridine rings is 1. The molecule has 0 aliphatic rings. The molecule has 2 nitrogen and oxygen atoms in total. The van der Waals surface area contributed by atoms with E-state index < -0.39 is 8.07 Å². The SMILES string of the molecule is Cc1c([Si](C)(C)C)c(=O)[nH]c2ccccc12. The summed E-state index contributed by atoms with van der Waals surface area (Å²) < 4.78 is 0. The lowest BCUT2D eigenvalue weighted by molar-refractivity contribution is 1.30. The molecule has 0 fully saturated rings. The zero-order valence-corrected chi connectivity index (χ0v) is 11.2. The van der Waals surface area contributed by atoms with Crippen LogP contribution in [0.4, 0.5) is 0 Å². The van der Waals surface area contributed by atoms with Crippen LogP contribution in [0.1, 0.15) is 5.56 Å². The van der Waals surface area contributed by atoms with Crippen LogP contribution in [0.2, 0.25) is 19.6 Å². The van der Waals surface area contributed by atoms with Gasteiger partial charge in [-0.2, -0.15) is 0 Å². The molecule has 0 aliphatic heterocycles. The van der Waals surface area contributed by atoms with Crippen molar-refractivity contribution in [3.05, 3.63) is 40.2 Å². The first-order valence-corrected chi connectivity index (χ1v) is 9.03. The van der Waals surface area contributed by atoms with Crippen molar-refractivity contribution in [2.24, 2.45) is 0 Å². The number of hydrogen-bond acceptors (Lipinski definition) is 1. The number of benzene rings is 1. The van der Waals surface area contributed by atoms with E-state index in [9.17, 15) is 4.79 Å². The minimum atomic E-state index is -1.58. The van der Waals surface area contributed by atoms with Gasteiger partial charge in [0.25, 0.3) is 0 Å². The molecule has 1 heterocycles. The van der Waals surface area contributed by atoms with E-state index in [1.165, 1.54) is 5.39 Å². The molecule has 0 bridgehead atoms. The third-order valence-corrected chi connectivity index (χ3v) is 5.03. The van der Waals surface area contributed by atoms with Crippen LogP contribution in [0, 0.1) is 6.92 Å². The third-order valence-electron chi connectivity index (χ3n) is 2.93. The van der Waals surface area contributed by atoms with Gasteiger partial charge < -0.3 is 4.98 Å². The van der Waals surface area contributed by atoms with Crippen molar-refractivity contribution in [1.82, 2.24) is 4.98 Å². The van der Waals surface area contributed by atoms with Crippen molar-refractivity contribution in [3.63, 3.8) is 0 Å². The Morgan fingerprint density at radius 2 is 1.75 bits per heavy atom. The maximum atomic E-state index is 12.1. The Labute approximate surface area is 96.3 Å². The lowest BCUT2D eigenvalue weighted by Crippen LogP contribution is -2.49. The second kappa shape index (κ2) is 3.59. The predicted molar refractivity (Wildman–Crippen MR) is 72.3 cm³/mol. The van der Waals surface area contributed by atoms with E-state index in [1.807, 2.05) is 18.2 Å². The Morgan fingerprint density at radius 1 is 1.12 bits per heavy atom. The number of aromatic amines is 1. The number of rotatable bonds is 1. The average molecular weight is 231 g/mol. The van der Waals surface area contributed by atoms with Gasteiger partial charge in [0.05, 0.1) is 8.07 Å². The van der Waals surface area contributed by atoms with Gasteiger partial charge in [-0.1, -0.05) is 37.8 Å². The van der Waals surface area contributed by atoms with Crippen LogP contribution in [-0.2, 0) is 0 Å². The van der Waals surface area contributed by atoms with Crippen LogP contribution >= 0.6 is 0 Å². The maximum Gasteiger partial charge on any atom is 0.247 e. The number of aromatic nitrogens is 1. The fraction of sp³-hybridized carbons (Fsp3) is 0.308. The van der Waals surface area contributed by atoms with Crippen molar-refractivity contribution in [1.29, 1.82) is 0 Å². The monoisotopic (exact) mass is 231 g/mol. The van der Waals surface area contributed by atoms with Crippen LogP contribution in [0.25, 0.3) is 10.9 Å². The number of para-hydroxylation sites is 1.